The molecule has 0 aliphatic rings. The molecule has 5 heteroatoms. The zero-order chi connectivity index (χ0) is 15.7. The van der Waals surface area contributed by atoms with Gasteiger partial charge in [-0.05, 0) is 31.5 Å². The van der Waals surface area contributed by atoms with Crippen LogP contribution in [0.2, 0.25) is 0 Å². The molecular weight excluding hydrogens is 266 g/mol. The highest BCUT2D eigenvalue weighted by atomic mass is 16.5. The number of ether oxygens (including phenoxy) is 2. The van der Waals surface area contributed by atoms with Gasteiger partial charge in [0.2, 0.25) is 0 Å². The summed E-state index contributed by atoms with van der Waals surface area (Å²) in [7, 11) is 3.25. The molecule has 21 heavy (non-hydrogen) atoms. The van der Waals surface area contributed by atoms with Gasteiger partial charge in [-0.3, -0.25) is 0 Å². The van der Waals surface area contributed by atoms with Gasteiger partial charge in [0.25, 0.3) is 0 Å². The second kappa shape index (κ2) is 8.84. The average Bonchev–Trinajstić information content (AvgIpc) is 2.54. The van der Waals surface area contributed by atoms with E-state index in [1.165, 1.54) is 0 Å². The molecular formula is C16H21N3O2. The number of nitrogens with one attached hydrogen (secondary N) is 1. The maximum absolute atomic E-state index is 9.07. The molecule has 1 N–H and O–H groups in total. The van der Waals surface area contributed by atoms with Crippen molar-refractivity contribution in [2.75, 3.05) is 20.8 Å². The van der Waals surface area contributed by atoms with Gasteiger partial charge in [0.15, 0.2) is 0 Å². The van der Waals surface area contributed by atoms with E-state index in [0.717, 1.165) is 17.1 Å². The number of methoxy groups -OCH3 is 2. The highest BCUT2D eigenvalue weighted by molar-refractivity contribution is 5.42. The number of hydrogen-bond donors (Lipinski definition) is 1. The third-order valence-electron chi connectivity index (χ3n) is 3.36. The molecule has 0 bridgehead atoms. The molecule has 5 nitrogen and oxygen atoms in total. The van der Waals surface area contributed by atoms with Gasteiger partial charge in [0.05, 0.1) is 32.3 Å². The molecule has 0 fully saturated rings. The summed E-state index contributed by atoms with van der Waals surface area (Å²) in [6, 6.07) is 9.95. The summed E-state index contributed by atoms with van der Waals surface area (Å²) in [5, 5.41) is 21.0. The van der Waals surface area contributed by atoms with E-state index in [1.807, 2.05) is 25.1 Å². The van der Waals surface area contributed by atoms with E-state index in [1.54, 1.807) is 14.2 Å². The minimum atomic E-state index is -0.163. The van der Waals surface area contributed by atoms with Gasteiger partial charge in [-0.25, -0.2) is 0 Å². The Hall–Kier alpha value is -2.24. The normalized spacial score (nSPS) is 12.8. The Morgan fingerprint density at radius 2 is 2.00 bits per heavy atom. The van der Waals surface area contributed by atoms with Gasteiger partial charge in [-0.15, -0.1) is 0 Å². The molecule has 0 saturated heterocycles. The van der Waals surface area contributed by atoms with E-state index in [4.69, 9.17) is 20.0 Å². The van der Waals surface area contributed by atoms with Crippen molar-refractivity contribution >= 4 is 0 Å². The summed E-state index contributed by atoms with van der Waals surface area (Å²) in [6.07, 6.45) is 0.985. The monoisotopic (exact) mass is 287 g/mol. The van der Waals surface area contributed by atoms with Gasteiger partial charge in [-0.2, -0.15) is 10.5 Å². The van der Waals surface area contributed by atoms with Crippen LogP contribution in [-0.4, -0.2) is 20.8 Å². The Morgan fingerprint density at radius 3 is 2.57 bits per heavy atom. The molecule has 0 spiro atoms. The van der Waals surface area contributed by atoms with Crippen molar-refractivity contribution in [3.05, 3.63) is 23.8 Å². The van der Waals surface area contributed by atoms with E-state index in [9.17, 15) is 0 Å². The van der Waals surface area contributed by atoms with Crippen LogP contribution in [0.15, 0.2) is 18.2 Å². The van der Waals surface area contributed by atoms with Gasteiger partial charge in [0.1, 0.15) is 11.5 Å². The van der Waals surface area contributed by atoms with Crippen LogP contribution in [0.25, 0.3) is 0 Å². The minimum Gasteiger partial charge on any atom is -0.497 e. The zero-order valence-electron chi connectivity index (χ0n) is 12.7. The third-order valence-corrected chi connectivity index (χ3v) is 3.36. The Labute approximate surface area is 126 Å². The van der Waals surface area contributed by atoms with Crippen LogP contribution in [0, 0.1) is 28.6 Å². The van der Waals surface area contributed by atoms with E-state index in [-0.39, 0.29) is 12.0 Å². The van der Waals surface area contributed by atoms with E-state index < -0.39 is 0 Å². The Bertz CT molecular complexity index is 531. The molecule has 0 unspecified atom stereocenters. The lowest BCUT2D eigenvalue weighted by Gasteiger charge is -2.19. The van der Waals surface area contributed by atoms with Crippen LogP contribution >= 0.6 is 0 Å². The Balaban J connectivity index is 2.72. The number of nitriles is 2. The third kappa shape index (κ3) is 4.98. The summed E-state index contributed by atoms with van der Waals surface area (Å²) in [4.78, 5) is 0. The highest BCUT2D eigenvalue weighted by Crippen LogP contribution is 2.29. The standard InChI is InChI=1S/C16H21N3O2/c1-12(19-11-13(10-18)5-4-8-17)15-9-14(20-2)6-7-16(15)21-3/h6-7,9,12-13,19H,4-5,11H2,1-3H3/t12-,13+/m1/s1. The molecule has 0 aliphatic carbocycles. The van der Waals surface area contributed by atoms with Crippen LogP contribution in [0.5, 0.6) is 11.5 Å². The fourth-order valence-corrected chi connectivity index (χ4v) is 2.06. The lowest BCUT2D eigenvalue weighted by atomic mass is 10.0. The number of rotatable bonds is 8. The van der Waals surface area contributed by atoms with E-state index in [0.29, 0.717) is 19.4 Å². The molecule has 1 rings (SSSR count). The Morgan fingerprint density at radius 1 is 1.24 bits per heavy atom. The molecule has 0 heterocycles. The van der Waals surface area contributed by atoms with E-state index >= 15 is 0 Å². The van der Waals surface area contributed by atoms with Crippen molar-refractivity contribution < 1.29 is 9.47 Å². The fraction of sp³-hybridized carbons (Fsp3) is 0.500. The number of hydrogen-bond acceptors (Lipinski definition) is 5. The van der Waals surface area contributed by atoms with Crippen LogP contribution in [0.4, 0.5) is 0 Å². The summed E-state index contributed by atoms with van der Waals surface area (Å²) < 4.78 is 10.6. The molecule has 1 aromatic rings. The van der Waals surface area contributed by atoms with Crippen molar-refractivity contribution in [2.24, 2.45) is 5.92 Å². The SMILES string of the molecule is COc1ccc(OC)c([C@@H](C)NC[C@H](C#N)CCC#N)c1. The maximum Gasteiger partial charge on any atom is 0.123 e. The topological polar surface area (TPSA) is 78.1 Å². The molecule has 0 aromatic heterocycles. The summed E-state index contributed by atoms with van der Waals surface area (Å²) in [6.45, 7) is 2.55. The quantitative estimate of drug-likeness (QED) is 0.795. The maximum atomic E-state index is 9.07. The van der Waals surface area contributed by atoms with Crippen molar-refractivity contribution in [1.82, 2.24) is 5.32 Å². The second-order valence-electron chi connectivity index (χ2n) is 4.76. The van der Waals surface area contributed by atoms with Crippen LogP contribution in [0.3, 0.4) is 0 Å². The van der Waals surface area contributed by atoms with Crippen molar-refractivity contribution in [3.63, 3.8) is 0 Å². The van der Waals surface area contributed by atoms with Gasteiger partial charge in [0, 0.05) is 24.6 Å². The first kappa shape index (κ1) is 16.8. The first-order valence-corrected chi connectivity index (χ1v) is 6.88. The molecule has 0 aliphatic heterocycles. The van der Waals surface area contributed by atoms with Crippen molar-refractivity contribution in [1.29, 1.82) is 10.5 Å². The van der Waals surface area contributed by atoms with Gasteiger partial charge in [-0.1, -0.05) is 0 Å². The summed E-state index contributed by atoms with van der Waals surface area (Å²) in [5.74, 6) is 1.38. The summed E-state index contributed by atoms with van der Waals surface area (Å²) >= 11 is 0. The molecule has 1 aromatic carbocycles. The average molecular weight is 287 g/mol. The van der Waals surface area contributed by atoms with Crippen LogP contribution in [-0.2, 0) is 0 Å². The fourth-order valence-electron chi connectivity index (χ4n) is 2.06. The largest absolute Gasteiger partial charge is 0.497 e. The van der Waals surface area contributed by atoms with Crippen molar-refractivity contribution in [2.45, 2.75) is 25.8 Å². The summed E-state index contributed by atoms with van der Waals surface area (Å²) in [5.41, 5.74) is 0.980. The first-order chi connectivity index (χ1) is 10.2. The molecule has 0 saturated carbocycles. The molecule has 112 valence electrons. The second-order valence-corrected chi connectivity index (χ2v) is 4.76. The lowest BCUT2D eigenvalue weighted by molar-refractivity contribution is 0.389. The molecule has 2 atom stereocenters. The predicted octanol–water partition coefficient (Wildman–Crippen LogP) is 2.80. The zero-order valence-corrected chi connectivity index (χ0v) is 12.7. The number of nitrogens with zero attached hydrogens (tertiary/aromatic N) is 2. The Kier molecular flexibility index (Phi) is 7.08. The molecule has 0 radical (unpaired) electrons. The minimum absolute atomic E-state index is 0.0213. The van der Waals surface area contributed by atoms with Gasteiger partial charge < -0.3 is 14.8 Å². The van der Waals surface area contributed by atoms with E-state index in [2.05, 4.69) is 17.5 Å². The smallest absolute Gasteiger partial charge is 0.123 e. The highest BCUT2D eigenvalue weighted by Gasteiger charge is 2.15. The van der Waals surface area contributed by atoms with Gasteiger partial charge >= 0.3 is 0 Å². The van der Waals surface area contributed by atoms with Crippen molar-refractivity contribution in [3.8, 4) is 23.6 Å². The van der Waals surface area contributed by atoms with Crippen LogP contribution < -0.4 is 14.8 Å². The van der Waals surface area contributed by atoms with Crippen LogP contribution in [0.1, 0.15) is 31.4 Å². The predicted molar refractivity (Wildman–Crippen MR) is 79.9 cm³/mol. The number of benzene rings is 1. The lowest BCUT2D eigenvalue weighted by Crippen LogP contribution is -2.25. The first-order valence-electron chi connectivity index (χ1n) is 6.88. The molecule has 0 amide bonds.